The van der Waals surface area contributed by atoms with Gasteiger partial charge in [0, 0.05) is 22.2 Å². The maximum absolute atomic E-state index is 11.4. The van der Waals surface area contributed by atoms with E-state index in [1.807, 2.05) is 32.0 Å². The first kappa shape index (κ1) is 15.5. The average Bonchev–Trinajstić information content (AvgIpc) is 2.74. The molecule has 0 radical (unpaired) electrons. The number of anilines is 1. The van der Waals surface area contributed by atoms with Crippen LogP contribution in [0.25, 0.3) is 0 Å². The molecular formula is C14H14BrClN2OS. The normalized spacial score (nSPS) is 10.6. The Morgan fingerprint density at radius 1 is 1.50 bits per heavy atom. The lowest BCUT2D eigenvalue weighted by Crippen LogP contribution is -2.08. The predicted molar refractivity (Wildman–Crippen MR) is 87.7 cm³/mol. The zero-order valence-electron chi connectivity index (χ0n) is 11.2. The molecule has 1 aromatic carbocycles. The van der Waals surface area contributed by atoms with Gasteiger partial charge in [-0.25, -0.2) is 4.98 Å². The summed E-state index contributed by atoms with van der Waals surface area (Å²) in [6.07, 6.45) is 1.22. The maximum Gasteiger partial charge on any atom is 0.225 e. The summed E-state index contributed by atoms with van der Waals surface area (Å²) < 4.78 is 0.889. The Morgan fingerprint density at radius 3 is 2.90 bits per heavy atom. The summed E-state index contributed by atoms with van der Waals surface area (Å²) in [5, 5.41) is 4.15. The SMILES string of the molecule is CCC(=O)Nc1nc(C)c(Cc2ccc(Br)c(Cl)c2)s1. The second-order valence-electron chi connectivity index (χ2n) is 4.35. The molecule has 0 spiro atoms. The molecule has 0 fully saturated rings. The summed E-state index contributed by atoms with van der Waals surface area (Å²) in [6.45, 7) is 3.77. The van der Waals surface area contributed by atoms with Crippen molar-refractivity contribution in [1.29, 1.82) is 0 Å². The van der Waals surface area contributed by atoms with Crippen molar-refractivity contribution in [2.75, 3.05) is 5.32 Å². The highest BCUT2D eigenvalue weighted by atomic mass is 79.9. The Balaban J connectivity index is 2.16. The second-order valence-corrected chi connectivity index (χ2v) is 6.70. The van der Waals surface area contributed by atoms with Crippen molar-refractivity contribution in [2.45, 2.75) is 26.7 Å². The van der Waals surface area contributed by atoms with Gasteiger partial charge in [-0.15, -0.1) is 11.3 Å². The van der Waals surface area contributed by atoms with E-state index >= 15 is 0 Å². The van der Waals surface area contributed by atoms with Crippen LogP contribution in [0.4, 0.5) is 5.13 Å². The number of hydrogen-bond donors (Lipinski definition) is 1. The van der Waals surface area contributed by atoms with Gasteiger partial charge in [0.05, 0.1) is 10.7 Å². The molecule has 0 atom stereocenters. The van der Waals surface area contributed by atoms with Crippen LogP contribution in [0, 0.1) is 6.92 Å². The van der Waals surface area contributed by atoms with Gasteiger partial charge in [-0.3, -0.25) is 4.79 Å². The van der Waals surface area contributed by atoms with Gasteiger partial charge in [-0.2, -0.15) is 0 Å². The number of nitrogens with zero attached hydrogens (tertiary/aromatic N) is 1. The zero-order valence-corrected chi connectivity index (χ0v) is 14.3. The van der Waals surface area contributed by atoms with Crippen molar-refractivity contribution >= 4 is 49.9 Å². The second kappa shape index (κ2) is 6.70. The third-order valence-corrected chi connectivity index (χ3v) is 5.11. The lowest BCUT2D eigenvalue weighted by atomic mass is 10.1. The molecule has 1 N–H and O–H groups in total. The van der Waals surface area contributed by atoms with Crippen LogP contribution >= 0.6 is 38.9 Å². The monoisotopic (exact) mass is 372 g/mol. The summed E-state index contributed by atoms with van der Waals surface area (Å²) in [5.41, 5.74) is 2.07. The third-order valence-electron chi connectivity index (χ3n) is 2.81. The lowest BCUT2D eigenvalue weighted by molar-refractivity contribution is -0.115. The van der Waals surface area contributed by atoms with E-state index in [-0.39, 0.29) is 5.91 Å². The minimum Gasteiger partial charge on any atom is -0.302 e. The standard InChI is InChI=1S/C14H14BrClN2OS/c1-3-13(19)18-14-17-8(2)12(20-14)7-9-4-5-10(15)11(16)6-9/h4-6H,3,7H2,1-2H3,(H,17,18,19). The first-order chi connectivity index (χ1) is 9.49. The Labute approximate surface area is 135 Å². The van der Waals surface area contributed by atoms with Crippen molar-refractivity contribution in [1.82, 2.24) is 4.98 Å². The van der Waals surface area contributed by atoms with Gasteiger partial charge < -0.3 is 5.32 Å². The molecule has 6 heteroatoms. The summed E-state index contributed by atoms with van der Waals surface area (Å²) in [4.78, 5) is 16.9. The van der Waals surface area contributed by atoms with Crippen molar-refractivity contribution in [3.05, 3.63) is 43.8 Å². The molecule has 0 saturated heterocycles. The minimum atomic E-state index is -0.0167. The largest absolute Gasteiger partial charge is 0.302 e. The molecule has 20 heavy (non-hydrogen) atoms. The number of carbonyl (C=O) groups excluding carboxylic acids is 1. The molecule has 0 bridgehead atoms. The zero-order chi connectivity index (χ0) is 14.7. The van der Waals surface area contributed by atoms with E-state index in [2.05, 4.69) is 26.2 Å². The summed E-state index contributed by atoms with van der Waals surface area (Å²) in [7, 11) is 0. The topological polar surface area (TPSA) is 42.0 Å². The summed E-state index contributed by atoms with van der Waals surface area (Å²) in [5.74, 6) is -0.0167. The van der Waals surface area contributed by atoms with E-state index < -0.39 is 0 Å². The minimum absolute atomic E-state index is 0.0167. The van der Waals surface area contributed by atoms with Crippen LogP contribution in [0.5, 0.6) is 0 Å². The van der Waals surface area contributed by atoms with Gasteiger partial charge in [0.2, 0.25) is 5.91 Å². The van der Waals surface area contributed by atoms with Crippen LogP contribution in [0.1, 0.15) is 29.5 Å². The van der Waals surface area contributed by atoms with Crippen molar-refractivity contribution in [3.63, 3.8) is 0 Å². The van der Waals surface area contributed by atoms with Crippen LogP contribution in [0.2, 0.25) is 5.02 Å². The number of halogens is 2. The molecule has 1 heterocycles. The molecule has 3 nitrogen and oxygen atoms in total. The first-order valence-corrected chi connectivity index (χ1v) is 8.18. The van der Waals surface area contributed by atoms with Crippen molar-refractivity contribution < 1.29 is 4.79 Å². The van der Waals surface area contributed by atoms with Crippen molar-refractivity contribution in [3.8, 4) is 0 Å². The highest BCUT2D eigenvalue weighted by Crippen LogP contribution is 2.28. The third kappa shape index (κ3) is 3.81. The number of rotatable bonds is 4. The van der Waals surface area contributed by atoms with Gasteiger partial charge in [0.1, 0.15) is 0 Å². The number of aryl methyl sites for hydroxylation is 1. The lowest BCUT2D eigenvalue weighted by Gasteiger charge is -2.02. The van der Waals surface area contributed by atoms with Crippen LogP contribution in [-0.2, 0) is 11.2 Å². The first-order valence-electron chi connectivity index (χ1n) is 6.19. The van der Waals surface area contributed by atoms with Gasteiger partial charge in [-0.05, 0) is 40.5 Å². The number of hydrogen-bond acceptors (Lipinski definition) is 3. The van der Waals surface area contributed by atoms with E-state index in [9.17, 15) is 4.79 Å². The highest BCUT2D eigenvalue weighted by molar-refractivity contribution is 9.10. The van der Waals surface area contributed by atoms with Gasteiger partial charge in [0.15, 0.2) is 5.13 Å². The van der Waals surface area contributed by atoms with E-state index in [0.717, 1.165) is 27.0 Å². The number of amides is 1. The average molecular weight is 374 g/mol. The predicted octanol–water partition coefficient (Wildman–Crippen LogP) is 4.81. The van der Waals surface area contributed by atoms with Crippen molar-refractivity contribution in [2.24, 2.45) is 0 Å². The number of aromatic nitrogens is 1. The number of nitrogens with one attached hydrogen (secondary N) is 1. The Bertz CT molecular complexity index is 642. The smallest absolute Gasteiger partial charge is 0.225 e. The number of carbonyl (C=O) groups is 1. The molecule has 0 aliphatic heterocycles. The van der Waals surface area contributed by atoms with Gasteiger partial charge in [0.25, 0.3) is 0 Å². The molecule has 0 aliphatic carbocycles. The van der Waals surface area contributed by atoms with Crippen LogP contribution in [0.15, 0.2) is 22.7 Å². The molecule has 0 saturated carbocycles. The molecule has 1 amide bonds. The molecular weight excluding hydrogens is 360 g/mol. The van der Waals surface area contributed by atoms with Gasteiger partial charge in [-0.1, -0.05) is 24.6 Å². The van der Waals surface area contributed by atoms with Crippen LogP contribution in [0.3, 0.4) is 0 Å². The number of benzene rings is 1. The van der Waals surface area contributed by atoms with Gasteiger partial charge >= 0.3 is 0 Å². The fourth-order valence-corrected chi connectivity index (χ4v) is 3.15. The van der Waals surface area contributed by atoms with E-state index in [0.29, 0.717) is 16.6 Å². The van der Waals surface area contributed by atoms with Crippen LogP contribution < -0.4 is 5.32 Å². The van der Waals surface area contributed by atoms with Crippen LogP contribution in [-0.4, -0.2) is 10.9 Å². The van der Waals surface area contributed by atoms with E-state index in [1.165, 1.54) is 11.3 Å². The molecule has 106 valence electrons. The molecule has 2 rings (SSSR count). The molecule has 0 aliphatic rings. The Hall–Kier alpha value is -0.910. The summed E-state index contributed by atoms with van der Waals surface area (Å²) in [6, 6.07) is 5.91. The molecule has 1 aromatic heterocycles. The van der Waals surface area contributed by atoms with E-state index in [4.69, 9.17) is 11.6 Å². The quantitative estimate of drug-likeness (QED) is 0.836. The molecule has 2 aromatic rings. The fraction of sp³-hybridized carbons (Fsp3) is 0.286. The number of thiazole rings is 1. The maximum atomic E-state index is 11.4. The summed E-state index contributed by atoms with van der Waals surface area (Å²) >= 11 is 11.0. The fourth-order valence-electron chi connectivity index (χ4n) is 1.69. The highest BCUT2D eigenvalue weighted by Gasteiger charge is 2.10. The Kier molecular flexibility index (Phi) is 5.18. The van der Waals surface area contributed by atoms with E-state index in [1.54, 1.807) is 0 Å². The molecule has 0 unspecified atom stereocenters. The Morgan fingerprint density at radius 2 is 2.25 bits per heavy atom.